The summed E-state index contributed by atoms with van der Waals surface area (Å²) in [4.78, 5) is 17.0. The van der Waals surface area contributed by atoms with Crippen LogP contribution in [0.5, 0.6) is 0 Å². The maximum Gasteiger partial charge on any atom is 0.354 e. The van der Waals surface area contributed by atoms with E-state index < -0.39 is 15.7 Å². The molecule has 35 heavy (non-hydrogen) atoms. The number of sulfonamides is 1. The van der Waals surface area contributed by atoms with Crippen molar-refractivity contribution < 1.29 is 8.42 Å². The fourth-order valence-corrected chi connectivity index (χ4v) is 6.36. The summed E-state index contributed by atoms with van der Waals surface area (Å²) in [5, 5.41) is 0.785. The number of nitrogen functional groups attached to an aromatic ring is 1. The minimum absolute atomic E-state index is 0.0675. The molecule has 1 aromatic heterocycles. The van der Waals surface area contributed by atoms with E-state index in [0.29, 0.717) is 29.9 Å². The van der Waals surface area contributed by atoms with Gasteiger partial charge in [-0.1, -0.05) is 54.1 Å². The van der Waals surface area contributed by atoms with E-state index in [9.17, 15) is 13.2 Å². The van der Waals surface area contributed by atoms with Crippen LogP contribution in [0, 0.1) is 5.92 Å². The molecule has 0 spiro atoms. The maximum atomic E-state index is 13.5. The standard InChI is InChI=1S/C26H25ClN4O3S/c27-22-11-10-20(17-24(22)31-25(28)21-8-4-5-9-23(21)29-26(31)32)35(33,34)30-14-12-19(13-15-30)16-18-6-2-1-3-7-18/h1-11,17,19H,12-16,28H2. The summed E-state index contributed by atoms with van der Waals surface area (Å²) in [5.41, 5.74) is 7.60. The van der Waals surface area contributed by atoms with Crippen molar-refractivity contribution in [3.8, 4) is 5.69 Å². The van der Waals surface area contributed by atoms with Gasteiger partial charge >= 0.3 is 5.69 Å². The molecule has 0 atom stereocenters. The van der Waals surface area contributed by atoms with Crippen LogP contribution in [0.2, 0.25) is 5.02 Å². The van der Waals surface area contributed by atoms with Crippen molar-refractivity contribution in [2.24, 2.45) is 5.92 Å². The van der Waals surface area contributed by atoms with Crippen molar-refractivity contribution in [3.63, 3.8) is 0 Å². The van der Waals surface area contributed by atoms with E-state index in [1.54, 1.807) is 24.3 Å². The lowest BCUT2D eigenvalue weighted by Gasteiger charge is -2.31. The smallest absolute Gasteiger partial charge is 0.354 e. The first-order chi connectivity index (χ1) is 16.8. The molecule has 0 unspecified atom stereocenters. The molecule has 0 radical (unpaired) electrons. The topological polar surface area (TPSA) is 98.3 Å². The lowest BCUT2D eigenvalue weighted by molar-refractivity contribution is 0.273. The van der Waals surface area contributed by atoms with Crippen LogP contribution in [0.1, 0.15) is 18.4 Å². The summed E-state index contributed by atoms with van der Waals surface area (Å²) in [6.45, 7) is 0.884. The van der Waals surface area contributed by atoms with Gasteiger partial charge in [-0.25, -0.2) is 17.8 Å². The van der Waals surface area contributed by atoms with E-state index in [4.69, 9.17) is 17.3 Å². The number of fused-ring (bicyclic) bond motifs is 1. The van der Waals surface area contributed by atoms with Crippen LogP contribution < -0.4 is 11.4 Å². The first-order valence-electron chi connectivity index (χ1n) is 11.5. The molecule has 4 aromatic rings. The van der Waals surface area contributed by atoms with Crippen LogP contribution in [0.25, 0.3) is 16.6 Å². The quantitative estimate of drug-likeness (QED) is 0.434. The SMILES string of the molecule is Nc1c2ccccc2nc(=O)n1-c1cc(S(=O)(=O)N2CCC(Cc3ccccc3)CC2)ccc1Cl. The first-order valence-corrected chi connectivity index (χ1v) is 13.3. The summed E-state index contributed by atoms with van der Waals surface area (Å²) in [5.74, 6) is 0.588. The molecule has 2 heterocycles. The highest BCUT2D eigenvalue weighted by atomic mass is 35.5. The molecule has 2 N–H and O–H groups in total. The number of benzene rings is 3. The Kier molecular flexibility index (Phi) is 6.35. The van der Waals surface area contributed by atoms with Gasteiger partial charge in [-0.05, 0) is 61.1 Å². The van der Waals surface area contributed by atoms with Crippen LogP contribution in [-0.4, -0.2) is 35.4 Å². The fraction of sp³-hybridized carbons (Fsp3) is 0.231. The molecule has 0 bridgehead atoms. The Labute approximate surface area is 208 Å². The Hall–Kier alpha value is -3.20. The number of para-hydroxylation sites is 1. The minimum Gasteiger partial charge on any atom is -0.384 e. The van der Waals surface area contributed by atoms with Gasteiger partial charge in [0, 0.05) is 18.5 Å². The van der Waals surface area contributed by atoms with Crippen LogP contribution >= 0.6 is 11.6 Å². The number of rotatable bonds is 5. The molecule has 9 heteroatoms. The van der Waals surface area contributed by atoms with E-state index in [0.717, 1.165) is 23.8 Å². The Morgan fingerprint density at radius 1 is 0.971 bits per heavy atom. The number of piperidine rings is 1. The summed E-state index contributed by atoms with van der Waals surface area (Å²) in [6, 6.07) is 21.6. The summed E-state index contributed by atoms with van der Waals surface area (Å²) < 4.78 is 29.6. The summed E-state index contributed by atoms with van der Waals surface area (Å²) in [7, 11) is -3.78. The molecule has 0 saturated carbocycles. The molecule has 1 fully saturated rings. The number of anilines is 1. The van der Waals surface area contributed by atoms with E-state index >= 15 is 0 Å². The molecule has 180 valence electrons. The van der Waals surface area contributed by atoms with E-state index in [1.807, 2.05) is 18.2 Å². The van der Waals surface area contributed by atoms with Gasteiger partial charge in [-0.15, -0.1) is 0 Å². The second-order valence-electron chi connectivity index (χ2n) is 8.78. The number of aromatic nitrogens is 2. The average Bonchev–Trinajstić information content (AvgIpc) is 2.86. The second-order valence-corrected chi connectivity index (χ2v) is 11.1. The van der Waals surface area contributed by atoms with E-state index in [2.05, 4.69) is 17.1 Å². The van der Waals surface area contributed by atoms with Crippen molar-refractivity contribution in [3.05, 3.63) is 93.9 Å². The predicted octanol–water partition coefficient (Wildman–Crippen LogP) is 4.26. The third-order valence-corrected chi connectivity index (χ3v) is 8.78. The average molecular weight is 509 g/mol. The van der Waals surface area contributed by atoms with Crippen molar-refractivity contribution in [1.82, 2.24) is 13.9 Å². The Balaban J connectivity index is 1.43. The van der Waals surface area contributed by atoms with Crippen LogP contribution in [0.3, 0.4) is 0 Å². The van der Waals surface area contributed by atoms with Crippen molar-refractivity contribution in [2.75, 3.05) is 18.8 Å². The lowest BCUT2D eigenvalue weighted by atomic mass is 9.91. The van der Waals surface area contributed by atoms with Gasteiger partial charge in [0.1, 0.15) is 5.82 Å². The first kappa shape index (κ1) is 23.5. The number of hydrogen-bond donors (Lipinski definition) is 1. The zero-order valence-corrected chi connectivity index (χ0v) is 20.5. The summed E-state index contributed by atoms with van der Waals surface area (Å²) in [6.07, 6.45) is 2.52. The Bertz CT molecular complexity index is 1550. The van der Waals surface area contributed by atoms with Crippen molar-refractivity contribution >= 4 is 38.3 Å². The largest absolute Gasteiger partial charge is 0.384 e. The molecule has 5 rings (SSSR count). The van der Waals surface area contributed by atoms with Crippen LogP contribution in [-0.2, 0) is 16.4 Å². The monoisotopic (exact) mass is 508 g/mol. The minimum atomic E-state index is -3.78. The van der Waals surface area contributed by atoms with Gasteiger partial charge in [0.25, 0.3) is 0 Å². The zero-order chi connectivity index (χ0) is 24.6. The summed E-state index contributed by atoms with van der Waals surface area (Å²) >= 11 is 6.41. The highest BCUT2D eigenvalue weighted by molar-refractivity contribution is 7.89. The molecule has 1 aliphatic heterocycles. The maximum absolute atomic E-state index is 13.5. The van der Waals surface area contributed by atoms with Gasteiger partial charge in [0.15, 0.2) is 0 Å². The molecule has 7 nitrogen and oxygen atoms in total. The number of nitrogens with two attached hydrogens (primary N) is 1. The normalized spacial score (nSPS) is 15.5. The molecule has 0 aliphatic carbocycles. The second kappa shape index (κ2) is 9.45. The van der Waals surface area contributed by atoms with Gasteiger partial charge in [-0.2, -0.15) is 9.29 Å². The Morgan fingerprint density at radius 3 is 2.40 bits per heavy atom. The molecular weight excluding hydrogens is 484 g/mol. The molecule has 0 amide bonds. The van der Waals surface area contributed by atoms with Gasteiger partial charge in [0.05, 0.1) is 21.1 Å². The molecular formula is C26H25ClN4O3S. The highest BCUT2D eigenvalue weighted by Crippen LogP contribution is 2.31. The predicted molar refractivity (Wildman–Crippen MR) is 138 cm³/mol. The molecule has 1 aliphatic rings. The number of halogens is 1. The Morgan fingerprint density at radius 2 is 1.66 bits per heavy atom. The van der Waals surface area contributed by atoms with Gasteiger partial charge < -0.3 is 5.73 Å². The zero-order valence-electron chi connectivity index (χ0n) is 19.0. The highest BCUT2D eigenvalue weighted by Gasteiger charge is 2.30. The lowest BCUT2D eigenvalue weighted by Crippen LogP contribution is -2.39. The molecule has 1 saturated heterocycles. The third-order valence-electron chi connectivity index (χ3n) is 6.57. The number of hydrogen-bond acceptors (Lipinski definition) is 5. The van der Waals surface area contributed by atoms with Gasteiger partial charge in [-0.3, -0.25) is 0 Å². The third kappa shape index (κ3) is 4.57. The van der Waals surface area contributed by atoms with Crippen LogP contribution in [0.4, 0.5) is 5.82 Å². The van der Waals surface area contributed by atoms with Crippen LogP contribution in [0.15, 0.2) is 82.5 Å². The van der Waals surface area contributed by atoms with Crippen molar-refractivity contribution in [1.29, 1.82) is 0 Å². The van der Waals surface area contributed by atoms with E-state index in [1.165, 1.54) is 28.1 Å². The van der Waals surface area contributed by atoms with E-state index in [-0.39, 0.29) is 21.4 Å². The van der Waals surface area contributed by atoms with Crippen molar-refractivity contribution in [2.45, 2.75) is 24.2 Å². The molecule has 3 aromatic carbocycles. The van der Waals surface area contributed by atoms with Gasteiger partial charge in [0.2, 0.25) is 10.0 Å². The fourth-order valence-electron chi connectivity index (χ4n) is 4.67. The number of nitrogens with zero attached hydrogens (tertiary/aromatic N) is 3.